The van der Waals surface area contributed by atoms with Crippen LogP contribution in [-0.4, -0.2) is 32.9 Å². The van der Waals surface area contributed by atoms with Crippen molar-refractivity contribution in [3.05, 3.63) is 21.4 Å². The normalized spacial score (nSPS) is 10.1. The van der Waals surface area contributed by atoms with Crippen molar-refractivity contribution in [3.63, 3.8) is 0 Å². The van der Waals surface area contributed by atoms with Gasteiger partial charge in [-0.1, -0.05) is 0 Å². The zero-order valence-electron chi connectivity index (χ0n) is 5.16. The number of rotatable bonds is 0. The van der Waals surface area contributed by atoms with E-state index in [2.05, 4.69) is 4.98 Å². The number of pyridine rings is 1. The van der Waals surface area contributed by atoms with Crippen molar-refractivity contribution in [1.82, 2.24) is 4.98 Å². The fraction of sp³-hybridized carbons (Fsp3) is 0. The van der Waals surface area contributed by atoms with E-state index in [0.717, 1.165) is 30.7 Å². The van der Waals surface area contributed by atoms with E-state index >= 15 is 0 Å². The van der Waals surface area contributed by atoms with Gasteiger partial charge in [0, 0.05) is 0 Å². The summed E-state index contributed by atoms with van der Waals surface area (Å²) in [6.07, 6.45) is 1.51. The quantitative estimate of drug-likeness (QED) is 0.464. The third-order valence-corrected chi connectivity index (χ3v) is 4.06. The fourth-order valence-corrected chi connectivity index (χ4v) is 1.58. The maximum absolute atomic E-state index is 5.74. The van der Waals surface area contributed by atoms with E-state index in [4.69, 9.17) is 34.8 Å². The zero-order valence-corrected chi connectivity index (χ0v) is 9.43. The number of aromatic nitrogens is 1. The van der Waals surface area contributed by atoms with Gasteiger partial charge in [0.2, 0.25) is 0 Å². The van der Waals surface area contributed by atoms with Gasteiger partial charge in [-0.15, -0.1) is 0 Å². The van der Waals surface area contributed by atoms with Gasteiger partial charge in [-0.2, -0.15) is 0 Å². The molecule has 0 spiro atoms. The second-order valence-electron chi connectivity index (χ2n) is 1.84. The van der Waals surface area contributed by atoms with Gasteiger partial charge in [0.1, 0.15) is 0 Å². The van der Waals surface area contributed by atoms with Crippen molar-refractivity contribution in [1.29, 1.82) is 0 Å². The Labute approximate surface area is 91.1 Å². The molecule has 0 bridgehead atoms. The Hall–Kier alpha value is 1.02. The molecule has 1 heterocycles. The summed E-state index contributed by atoms with van der Waals surface area (Å²) in [5.41, 5.74) is 0. The zero-order chi connectivity index (χ0) is 7.72. The number of nitrogens with zero attached hydrogens (tertiary/aromatic N) is 1. The molecule has 0 fully saturated rings. The Morgan fingerprint density at radius 1 is 1.30 bits per heavy atom. The van der Waals surface area contributed by atoms with Gasteiger partial charge in [0.25, 0.3) is 0 Å². The van der Waals surface area contributed by atoms with Crippen LogP contribution in [0.4, 0.5) is 0 Å². The second kappa shape index (κ2) is 3.61. The van der Waals surface area contributed by atoms with Crippen molar-refractivity contribution in [2.24, 2.45) is 0 Å². The molecule has 1 rings (SSSR count). The summed E-state index contributed by atoms with van der Waals surface area (Å²) in [5, 5.41) is 1.41. The van der Waals surface area contributed by atoms with E-state index in [1.807, 2.05) is 0 Å². The predicted molar refractivity (Wildman–Crippen MR) is 44.7 cm³/mol. The maximum atomic E-state index is 5.74. The predicted octanol–water partition coefficient (Wildman–Crippen LogP) is 1.84. The SMILES string of the molecule is [Na][c]1c(Cl)cnc(Cl)c1Cl. The molecule has 0 N–H and O–H groups in total. The van der Waals surface area contributed by atoms with E-state index in [1.165, 1.54) is 6.20 Å². The van der Waals surface area contributed by atoms with E-state index in [-0.39, 0.29) is 0 Å². The van der Waals surface area contributed by atoms with Gasteiger partial charge in [-0.25, -0.2) is 0 Å². The van der Waals surface area contributed by atoms with Crippen LogP contribution in [0.1, 0.15) is 0 Å². The molecule has 0 unspecified atom stereocenters. The monoisotopic (exact) mass is 203 g/mol. The van der Waals surface area contributed by atoms with Crippen molar-refractivity contribution in [3.8, 4) is 0 Å². The topological polar surface area (TPSA) is 12.9 Å². The summed E-state index contributed by atoms with van der Waals surface area (Å²) >= 11 is 17.8. The standard InChI is InChI=1S/C5HCl3N.Na/c6-3-1-4(7)5(8)9-2-3;/h2H;. The van der Waals surface area contributed by atoms with Crippen LogP contribution in [0.15, 0.2) is 6.20 Å². The average molecular weight is 204 g/mol. The van der Waals surface area contributed by atoms with Gasteiger partial charge in [0.15, 0.2) is 0 Å². The Morgan fingerprint density at radius 2 is 1.90 bits per heavy atom. The molecule has 1 nitrogen and oxygen atoms in total. The van der Waals surface area contributed by atoms with Gasteiger partial charge >= 0.3 is 91.9 Å². The first kappa shape index (κ1) is 9.11. The Bertz CT molecular complexity index is 236. The number of hydrogen-bond acceptors (Lipinski definition) is 1. The summed E-state index contributed by atoms with van der Waals surface area (Å²) in [4.78, 5) is 3.76. The van der Waals surface area contributed by atoms with Crippen LogP contribution >= 0.6 is 34.8 Å². The molecule has 0 saturated carbocycles. The average Bonchev–Trinajstić information content (AvgIpc) is 1.93. The fourth-order valence-electron chi connectivity index (χ4n) is 0.526. The molecular weight excluding hydrogens is 203 g/mol. The van der Waals surface area contributed by atoms with Crippen LogP contribution in [0, 0.1) is 0 Å². The number of hydrogen-bond donors (Lipinski definition) is 0. The molecule has 0 atom stereocenters. The molecule has 10 heavy (non-hydrogen) atoms. The van der Waals surface area contributed by atoms with Crippen LogP contribution in [0.3, 0.4) is 0 Å². The molecule has 48 valence electrons. The van der Waals surface area contributed by atoms with Crippen molar-refractivity contribution >= 4 is 65.5 Å². The summed E-state index contributed by atoms with van der Waals surface area (Å²) < 4.78 is 0.906. The van der Waals surface area contributed by atoms with Gasteiger partial charge in [0.05, 0.1) is 0 Å². The molecule has 1 aromatic rings. The van der Waals surface area contributed by atoms with Crippen LogP contribution in [-0.2, 0) is 0 Å². The molecule has 0 saturated heterocycles. The van der Waals surface area contributed by atoms with Crippen LogP contribution < -0.4 is 2.81 Å². The molecule has 0 amide bonds. The molecule has 0 aliphatic rings. The van der Waals surface area contributed by atoms with Gasteiger partial charge < -0.3 is 0 Å². The van der Waals surface area contributed by atoms with Crippen molar-refractivity contribution in [2.45, 2.75) is 0 Å². The summed E-state index contributed by atoms with van der Waals surface area (Å²) in [7, 11) is 0. The molecular formula is C5HCl3NNa. The molecule has 5 heteroatoms. The Kier molecular flexibility index (Phi) is 3.29. The van der Waals surface area contributed by atoms with Crippen LogP contribution in [0.2, 0.25) is 15.2 Å². The van der Waals surface area contributed by atoms with E-state index in [9.17, 15) is 0 Å². The van der Waals surface area contributed by atoms with E-state index in [1.54, 1.807) is 0 Å². The summed E-state index contributed by atoms with van der Waals surface area (Å²) in [5.74, 6) is 0. The molecule has 0 radical (unpaired) electrons. The Balaban J connectivity index is 3.34. The van der Waals surface area contributed by atoms with E-state index < -0.39 is 0 Å². The van der Waals surface area contributed by atoms with Crippen molar-refractivity contribution < 1.29 is 0 Å². The Morgan fingerprint density at radius 3 is 2.40 bits per heavy atom. The molecule has 0 aromatic carbocycles. The molecule has 0 aliphatic heterocycles. The van der Waals surface area contributed by atoms with Crippen LogP contribution in [0.5, 0.6) is 0 Å². The van der Waals surface area contributed by atoms with Crippen LogP contribution in [0.25, 0.3) is 0 Å². The minimum atomic E-state index is 0.330. The van der Waals surface area contributed by atoms with Gasteiger partial charge in [-0.3, -0.25) is 0 Å². The molecule has 1 aromatic heterocycles. The van der Waals surface area contributed by atoms with Crippen molar-refractivity contribution in [2.75, 3.05) is 0 Å². The van der Waals surface area contributed by atoms with Gasteiger partial charge in [-0.05, 0) is 0 Å². The first-order valence-corrected chi connectivity index (χ1v) is 4.72. The summed E-state index contributed by atoms with van der Waals surface area (Å²) in [6, 6.07) is 0. The first-order chi connectivity index (χ1) is 4.63. The number of halogens is 3. The van der Waals surface area contributed by atoms with E-state index in [0.29, 0.717) is 15.2 Å². The first-order valence-electron chi connectivity index (χ1n) is 2.59. The molecule has 0 aliphatic carbocycles. The minimum absolute atomic E-state index is 0.330. The summed E-state index contributed by atoms with van der Waals surface area (Å²) in [6.45, 7) is 0. The third kappa shape index (κ3) is 1.79. The second-order valence-corrected chi connectivity index (χ2v) is 3.98. The third-order valence-electron chi connectivity index (χ3n) is 1.16.